The van der Waals surface area contributed by atoms with Gasteiger partial charge in [-0.25, -0.2) is 4.79 Å². The van der Waals surface area contributed by atoms with Crippen LogP contribution in [0.4, 0.5) is 0 Å². The van der Waals surface area contributed by atoms with E-state index in [-0.39, 0.29) is 11.6 Å². The number of methoxy groups -OCH3 is 1. The van der Waals surface area contributed by atoms with E-state index in [9.17, 15) is 9.59 Å². The van der Waals surface area contributed by atoms with Gasteiger partial charge in [-0.3, -0.25) is 9.78 Å². The summed E-state index contributed by atoms with van der Waals surface area (Å²) in [5.74, 6) is -0.683. The minimum atomic E-state index is -0.479. The predicted octanol–water partition coefficient (Wildman–Crippen LogP) is 2.76. The van der Waals surface area contributed by atoms with Crippen molar-refractivity contribution in [2.75, 3.05) is 13.7 Å². The molecule has 1 amide bonds. The molecule has 0 unspecified atom stereocenters. The molecule has 6 heteroatoms. The van der Waals surface area contributed by atoms with Crippen LogP contribution in [0, 0.1) is 0 Å². The van der Waals surface area contributed by atoms with E-state index in [1.54, 1.807) is 22.3 Å². The third-order valence-corrected chi connectivity index (χ3v) is 3.83. The van der Waals surface area contributed by atoms with Crippen molar-refractivity contribution in [3.63, 3.8) is 0 Å². The number of carbonyl (C=O) groups is 2. The minimum absolute atomic E-state index is 0.204. The van der Waals surface area contributed by atoms with E-state index in [4.69, 9.17) is 0 Å². The van der Waals surface area contributed by atoms with Crippen LogP contribution in [0.1, 0.15) is 25.7 Å². The average molecular weight is 316 g/mol. The Labute approximate surface area is 132 Å². The van der Waals surface area contributed by atoms with Crippen molar-refractivity contribution < 1.29 is 14.3 Å². The number of nitrogens with zero attached hydrogens (tertiary/aromatic N) is 2. The Hall–Kier alpha value is -2.47. The third-order valence-electron chi connectivity index (χ3n) is 2.97. The number of hydrogen-bond donors (Lipinski definition) is 0. The first kappa shape index (κ1) is 15.9. The summed E-state index contributed by atoms with van der Waals surface area (Å²) in [7, 11) is 1.30. The van der Waals surface area contributed by atoms with Crippen LogP contribution in [0.15, 0.2) is 48.5 Å². The fraction of sp³-hybridized carbons (Fsp3) is 0.188. The van der Waals surface area contributed by atoms with E-state index in [1.807, 2.05) is 17.5 Å². The Kier molecular flexibility index (Phi) is 5.43. The largest absolute Gasteiger partial charge is 0.465 e. The van der Waals surface area contributed by atoms with Gasteiger partial charge >= 0.3 is 5.97 Å². The lowest BCUT2D eigenvalue weighted by Crippen LogP contribution is -2.31. The fourth-order valence-corrected chi connectivity index (χ4v) is 2.61. The van der Waals surface area contributed by atoms with Crippen molar-refractivity contribution in [3.8, 4) is 0 Å². The molecule has 0 saturated carbocycles. The van der Waals surface area contributed by atoms with E-state index in [1.165, 1.54) is 25.4 Å². The Morgan fingerprint density at radius 2 is 2.23 bits per heavy atom. The second kappa shape index (κ2) is 7.51. The number of esters is 1. The quantitative estimate of drug-likeness (QED) is 0.607. The summed E-state index contributed by atoms with van der Waals surface area (Å²) in [4.78, 5) is 30.7. The van der Waals surface area contributed by atoms with Gasteiger partial charge in [0.05, 0.1) is 19.2 Å². The molecular formula is C16H16N2O3S. The van der Waals surface area contributed by atoms with Gasteiger partial charge in [0.25, 0.3) is 5.91 Å². The molecule has 2 rings (SSSR count). The highest BCUT2D eigenvalue weighted by atomic mass is 32.1. The Morgan fingerprint density at radius 3 is 2.77 bits per heavy atom. The molecule has 0 N–H and O–H groups in total. The number of hydrogen-bond acceptors (Lipinski definition) is 5. The summed E-state index contributed by atoms with van der Waals surface area (Å²) in [5, 5.41) is 1.97. The summed E-state index contributed by atoms with van der Waals surface area (Å²) in [6.07, 6.45) is 3.02. The molecule has 5 nitrogen and oxygen atoms in total. The maximum atomic E-state index is 12.5. The molecule has 114 valence electrons. The molecule has 2 aromatic heterocycles. The molecule has 0 radical (unpaired) electrons. The molecule has 0 aliphatic carbocycles. The number of amides is 1. The monoisotopic (exact) mass is 316 g/mol. The summed E-state index contributed by atoms with van der Waals surface area (Å²) in [6, 6.07) is 6.98. The van der Waals surface area contributed by atoms with Crippen LogP contribution in [0.25, 0.3) is 0 Å². The lowest BCUT2D eigenvalue weighted by Gasteiger charge is -2.20. The summed E-state index contributed by atoms with van der Waals surface area (Å²) < 4.78 is 4.61. The molecule has 0 spiro atoms. The normalized spacial score (nSPS) is 10.0. The Balaban J connectivity index is 2.15. The third kappa shape index (κ3) is 3.79. The van der Waals surface area contributed by atoms with Crippen molar-refractivity contribution in [1.29, 1.82) is 0 Å². The number of carbonyl (C=O) groups excluding carboxylic acids is 2. The number of rotatable bonds is 6. The van der Waals surface area contributed by atoms with Crippen LogP contribution in [-0.4, -0.2) is 35.4 Å². The zero-order chi connectivity index (χ0) is 15.9. The van der Waals surface area contributed by atoms with Crippen molar-refractivity contribution in [1.82, 2.24) is 9.88 Å². The van der Waals surface area contributed by atoms with E-state index in [0.717, 1.165) is 4.88 Å². The van der Waals surface area contributed by atoms with Gasteiger partial charge in [-0.15, -0.1) is 17.9 Å². The second-order valence-electron chi connectivity index (χ2n) is 4.48. The smallest absolute Gasteiger partial charge is 0.339 e. The van der Waals surface area contributed by atoms with E-state index in [0.29, 0.717) is 18.7 Å². The molecule has 0 aromatic carbocycles. The number of thiophene rings is 1. The molecule has 0 aliphatic heterocycles. The number of ether oxygens (including phenoxy) is 1. The highest BCUT2D eigenvalue weighted by molar-refractivity contribution is 7.09. The molecule has 0 saturated heterocycles. The number of pyridine rings is 1. The lowest BCUT2D eigenvalue weighted by atomic mass is 10.2. The van der Waals surface area contributed by atoms with Gasteiger partial charge in [0.15, 0.2) is 0 Å². The first-order valence-electron chi connectivity index (χ1n) is 6.62. The van der Waals surface area contributed by atoms with Gasteiger partial charge in [0.2, 0.25) is 0 Å². The van der Waals surface area contributed by atoms with E-state index in [2.05, 4.69) is 16.3 Å². The Bertz CT molecular complexity index is 651. The van der Waals surface area contributed by atoms with Crippen LogP contribution in [0.3, 0.4) is 0 Å². The minimum Gasteiger partial charge on any atom is -0.465 e. The summed E-state index contributed by atoms with van der Waals surface area (Å²) in [6.45, 7) is 4.61. The lowest BCUT2D eigenvalue weighted by molar-refractivity contribution is 0.0599. The first-order chi connectivity index (χ1) is 10.7. The van der Waals surface area contributed by atoms with Crippen LogP contribution in [0.5, 0.6) is 0 Å². The SMILES string of the molecule is C=CCN(Cc1cccs1)C(=O)c1ccc(C(=O)OC)cn1. The van der Waals surface area contributed by atoms with E-state index >= 15 is 0 Å². The van der Waals surface area contributed by atoms with Crippen molar-refractivity contribution in [2.24, 2.45) is 0 Å². The molecule has 2 heterocycles. The number of aromatic nitrogens is 1. The van der Waals surface area contributed by atoms with E-state index < -0.39 is 5.97 Å². The van der Waals surface area contributed by atoms with Crippen LogP contribution >= 0.6 is 11.3 Å². The van der Waals surface area contributed by atoms with Gasteiger partial charge in [-0.1, -0.05) is 12.1 Å². The van der Waals surface area contributed by atoms with Gasteiger partial charge in [-0.2, -0.15) is 0 Å². The highest BCUT2D eigenvalue weighted by Gasteiger charge is 2.17. The average Bonchev–Trinajstić information content (AvgIpc) is 3.06. The highest BCUT2D eigenvalue weighted by Crippen LogP contribution is 2.14. The van der Waals surface area contributed by atoms with Crippen molar-refractivity contribution in [2.45, 2.75) is 6.54 Å². The van der Waals surface area contributed by atoms with Crippen molar-refractivity contribution >= 4 is 23.2 Å². The first-order valence-corrected chi connectivity index (χ1v) is 7.50. The fourth-order valence-electron chi connectivity index (χ4n) is 1.89. The Morgan fingerprint density at radius 1 is 1.41 bits per heavy atom. The van der Waals surface area contributed by atoms with Gasteiger partial charge in [0.1, 0.15) is 5.69 Å². The molecule has 0 fully saturated rings. The zero-order valence-electron chi connectivity index (χ0n) is 12.2. The van der Waals surface area contributed by atoms with Gasteiger partial charge in [-0.05, 0) is 23.6 Å². The molecule has 0 bridgehead atoms. The van der Waals surface area contributed by atoms with Gasteiger partial charge in [0, 0.05) is 17.6 Å². The molecule has 22 heavy (non-hydrogen) atoms. The summed E-state index contributed by atoms with van der Waals surface area (Å²) >= 11 is 1.59. The van der Waals surface area contributed by atoms with Crippen molar-refractivity contribution in [3.05, 3.63) is 64.6 Å². The zero-order valence-corrected chi connectivity index (χ0v) is 13.0. The predicted molar refractivity (Wildman–Crippen MR) is 84.8 cm³/mol. The van der Waals surface area contributed by atoms with Gasteiger partial charge < -0.3 is 9.64 Å². The maximum Gasteiger partial charge on any atom is 0.339 e. The maximum absolute atomic E-state index is 12.5. The molecular weight excluding hydrogens is 300 g/mol. The summed E-state index contributed by atoms with van der Waals surface area (Å²) in [5.41, 5.74) is 0.596. The molecule has 2 aromatic rings. The topological polar surface area (TPSA) is 59.5 Å². The van der Waals surface area contributed by atoms with Crippen LogP contribution in [-0.2, 0) is 11.3 Å². The van der Waals surface area contributed by atoms with Crippen LogP contribution < -0.4 is 0 Å². The van der Waals surface area contributed by atoms with Crippen LogP contribution in [0.2, 0.25) is 0 Å². The second-order valence-corrected chi connectivity index (χ2v) is 5.51. The molecule has 0 atom stereocenters. The standard InChI is InChI=1S/C16H16N2O3S/c1-3-8-18(11-13-5-4-9-22-13)15(19)14-7-6-12(10-17-14)16(20)21-2/h3-7,9-10H,1,8,11H2,2H3. The molecule has 0 aliphatic rings.